The number of nitrogens with one attached hydrogen (secondary N) is 1. The minimum absolute atomic E-state index is 0.399. The number of fused-ring (bicyclic) bond motifs is 2. The van der Waals surface area contributed by atoms with Gasteiger partial charge in [0.15, 0.2) is 6.61 Å². The fraction of sp³-hybridized carbons (Fsp3) is 0.207. The van der Waals surface area contributed by atoms with Gasteiger partial charge in [-0.25, -0.2) is 4.79 Å². The summed E-state index contributed by atoms with van der Waals surface area (Å²) in [5.41, 5.74) is 5.69. The van der Waals surface area contributed by atoms with Gasteiger partial charge in [0.1, 0.15) is 0 Å². The molecule has 5 rings (SSSR count). The van der Waals surface area contributed by atoms with E-state index in [-0.39, 0.29) is 0 Å². The number of benzene rings is 3. The Bertz CT molecular complexity index is 1440. The highest BCUT2D eigenvalue weighted by Crippen LogP contribution is 2.29. The van der Waals surface area contributed by atoms with Crippen LogP contribution in [0.1, 0.15) is 32.7 Å². The van der Waals surface area contributed by atoms with Gasteiger partial charge in [0.25, 0.3) is 5.91 Å². The van der Waals surface area contributed by atoms with E-state index in [1.807, 2.05) is 55.5 Å². The highest BCUT2D eigenvalue weighted by molar-refractivity contribution is 6.31. The number of hydrogen-bond donors (Lipinski definition) is 1. The number of carbonyl (C=O) groups is 2. The Morgan fingerprint density at radius 3 is 2.64 bits per heavy atom. The topological polar surface area (TPSA) is 71.5 Å². The van der Waals surface area contributed by atoms with Crippen molar-refractivity contribution in [1.82, 2.24) is 9.88 Å². The van der Waals surface area contributed by atoms with Gasteiger partial charge in [0.05, 0.1) is 11.1 Å². The summed E-state index contributed by atoms with van der Waals surface area (Å²) in [7, 11) is 0. The summed E-state index contributed by atoms with van der Waals surface area (Å²) in [6.45, 7) is 3.70. The van der Waals surface area contributed by atoms with Crippen LogP contribution in [0.2, 0.25) is 5.02 Å². The molecule has 0 radical (unpaired) electrons. The Balaban J connectivity index is 1.37. The first-order chi connectivity index (χ1) is 17.5. The summed E-state index contributed by atoms with van der Waals surface area (Å²) >= 11 is 6.14. The van der Waals surface area contributed by atoms with Gasteiger partial charge in [0, 0.05) is 53.4 Å². The van der Waals surface area contributed by atoms with Gasteiger partial charge < -0.3 is 10.1 Å². The van der Waals surface area contributed by atoms with Crippen LogP contribution >= 0.6 is 11.6 Å². The summed E-state index contributed by atoms with van der Waals surface area (Å²) < 4.78 is 5.51. The monoisotopic (exact) mass is 499 g/mol. The van der Waals surface area contributed by atoms with Crippen LogP contribution < -0.4 is 5.32 Å². The number of amides is 1. The smallest absolute Gasteiger partial charge is 0.339 e. The SMILES string of the molecule is Cc1ccc(NC(=O)COC(=O)c2c3c(nc4ccccc24)CCN(Cc2ccccc2)C3)cc1Cl. The summed E-state index contributed by atoms with van der Waals surface area (Å²) in [4.78, 5) is 33.0. The lowest BCUT2D eigenvalue weighted by Crippen LogP contribution is -2.32. The number of hydrogen-bond acceptors (Lipinski definition) is 5. The molecule has 36 heavy (non-hydrogen) atoms. The van der Waals surface area contributed by atoms with Gasteiger partial charge in [-0.1, -0.05) is 66.2 Å². The van der Waals surface area contributed by atoms with Crippen LogP contribution in [-0.2, 0) is 29.0 Å². The first kappa shape index (κ1) is 24.0. The number of rotatable bonds is 6. The normalized spacial score (nSPS) is 13.3. The van der Waals surface area contributed by atoms with E-state index in [1.54, 1.807) is 12.1 Å². The number of nitrogens with zero attached hydrogens (tertiary/aromatic N) is 2. The summed E-state index contributed by atoms with van der Waals surface area (Å²) in [5, 5.41) is 4.01. The van der Waals surface area contributed by atoms with Crippen molar-refractivity contribution in [3.05, 3.63) is 106 Å². The third-order valence-corrected chi connectivity index (χ3v) is 6.78. The van der Waals surface area contributed by atoms with Gasteiger partial charge in [-0.05, 0) is 36.2 Å². The van der Waals surface area contributed by atoms with E-state index < -0.39 is 18.5 Å². The molecular formula is C29H26ClN3O3. The van der Waals surface area contributed by atoms with Gasteiger partial charge in [-0.3, -0.25) is 14.7 Å². The number of aromatic nitrogens is 1. The van der Waals surface area contributed by atoms with E-state index in [0.717, 1.165) is 47.2 Å². The highest BCUT2D eigenvalue weighted by atomic mass is 35.5. The van der Waals surface area contributed by atoms with Crippen molar-refractivity contribution in [3.63, 3.8) is 0 Å². The van der Waals surface area contributed by atoms with Crippen LogP contribution in [0.15, 0.2) is 72.8 Å². The Morgan fingerprint density at radius 2 is 1.83 bits per heavy atom. The van der Waals surface area contributed by atoms with Crippen molar-refractivity contribution in [1.29, 1.82) is 0 Å². The van der Waals surface area contributed by atoms with Gasteiger partial charge in [0.2, 0.25) is 0 Å². The molecule has 0 spiro atoms. The summed E-state index contributed by atoms with van der Waals surface area (Å²) in [5.74, 6) is -0.954. The molecule has 1 aliphatic heterocycles. The van der Waals surface area contributed by atoms with Crippen LogP contribution in [0.3, 0.4) is 0 Å². The molecule has 1 N–H and O–H groups in total. The molecular weight excluding hydrogens is 474 g/mol. The third-order valence-electron chi connectivity index (χ3n) is 6.37. The number of halogens is 1. The highest BCUT2D eigenvalue weighted by Gasteiger charge is 2.27. The number of esters is 1. The average molecular weight is 500 g/mol. The lowest BCUT2D eigenvalue weighted by atomic mass is 9.95. The number of anilines is 1. The predicted molar refractivity (Wildman–Crippen MR) is 141 cm³/mol. The van der Waals surface area contributed by atoms with Crippen molar-refractivity contribution < 1.29 is 14.3 Å². The minimum Gasteiger partial charge on any atom is -0.452 e. The van der Waals surface area contributed by atoms with Crippen molar-refractivity contribution in [2.75, 3.05) is 18.5 Å². The quantitative estimate of drug-likeness (QED) is 0.352. The molecule has 0 atom stereocenters. The molecule has 1 amide bonds. The maximum Gasteiger partial charge on any atom is 0.339 e. The molecule has 182 valence electrons. The number of carbonyl (C=O) groups excluding carboxylic acids is 2. The fourth-order valence-corrected chi connectivity index (χ4v) is 4.71. The van der Waals surface area contributed by atoms with E-state index in [4.69, 9.17) is 21.3 Å². The second-order valence-corrected chi connectivity index (χ2v) is 9.37. The molecule has 7 heteroatoms. The maximum absolute atomic E-state index is 13.4. The fourth-order valence-electron chi connectivity index (χ4n) is 4.53. The number of aryl methyl sites for hydroxylation is 1. The van der Waals surface area contributed by atoms with Crippen LogP contribution in [0.5, 0.6) is 0 Å². The molecule has 0 bridgehead atoms. The maximum atomic E-state index is 13.4. The zero-order valence-corrected chi connectivity index (χ0v) is 20.7. The van der Waals surface area contributed by atoms with Crippen LogP contribution in [0.4, 0.5) is 5.69 Å². The molecule has 1 aromatic heterocycles. The molecule has 0 saturated carbocycles. The molecule has 0 aliphatic carbocycles. The molecule has 6 nitrogen and oxygen atoms in total. The lowest BCUT2D eigenvalue weighted by molar-refractivity contribution is -0.119. The molecule has 0 unspecified atom stereocenters. The van der Waals surface area contributed by atoms with Crippen LogP contribution in [0, 0.1) is 6.92 Å². The Kier molecular flexibility index (Phi) is 6.98. The van der Waals surface area contributed by atoms with E-state index in [2.05, 4.69) is 22.3 Å². The molecule has 2 heterocycles. The van der Waals surface area contributed by atoms with Crippen molar-refractivity contribution in [2.24, 2.45) is 0 Å². The second kappa shape index (κ2) is 10.5. The number of pyridine rings is 1. The standard InChI is InChI=1S/C29H26ClN3O3/c1-19-11-12-21(15-24(19)30)31-27(34)18-36-29(35)28-22-9-5-6-10-25(22)32-26-13-14-33(17-23(26)28)16-20-7-3-2-4-8-20/h2-12,15H,13-14,16-18H2,1H3,(H,31,34). The molecule has 1 aliphatic rings. The predicted octanol–water partition coefficient (Wildman–Crippen LogP) is 5.55. The zero-order chi connectivity index (χ0) is 25.1. The third kappa shape index (κ3) is 5.25. The van der Waals surface area contributed by atoms with Crippen LogP contribution in [0.25, 0.3) is 10.9 Å². The first-order valence-electron chi connectivity index (χ1n) is 11.9. The number of para-hydroxylation sites is 1. The van der Waals surface area contributed by atoms with Crippen molar-refractivity contribution in [3.8, 4) is 0 Å². The summed E-state index contributed by atoms with van der Waals surface area (Å²) in [6, 6.07) is 23.1. The Hall–Kier alpha value is -3.74. The minimum atomic E-state index is -0.525. The van der Waals surface area contributed by atoms with E-state index in [0.29, 0.717) is 22.8 Å². The zero-order valence-electron chi connectivity index (χ0n) is 20.0. The van der Waals surface area contributed by atoms with Crippen molar-refractivity contribution in [2.45, 2.75) is 26.4 Å². The van der Waals surface area contributed by atoms with E-state index >= 15 is 0 Å². The van der Waals surface area contributed by atoms with Crippen molar-refractivity contribution >= 4 is 40.1 Å². The molecule has 0 saturated heterocycles. The number of ether oxygens (including phenoxy) is 1. The molecule has 3 aromatic carbocycles. The lowest BCUT2D eigenvalue weighted by Gasteiger charge is -2.30. The Morgan fingerprint density at radius 1 is 1.06 bits per heavy atom. The van der Waals surface area contributed by atoms with Gasteiger partial charge in [-0.2, -0.15) is 0 Å². The van der Waals surface area contributed by atoms with E-state index in [9.17, 15) is 9.59 Å². The van der Waals surface area contributed by atoms with Crippen LogP contribution in [-0.4, -0.2) is 34.9 Å². The summed E-state index contributed by atoms with van der Waals surface area (Å²) in [6.07, 6.45) is 0.738. The molecule has 0 fully saturated rings. The second-order valence-electron chi connectivity index (χ2n) is 8.96. The molecule has 4 aromatic rings. The van der Waals surface area contributed by atoms with E-state index in [1.165, 1.54) is 5.56 Å². The largest absolute Gasteiger partial charge is 0.452 e. The Labute approximate surface area is 214 Å². The van der Waals surface area contributed by atoms with Gasteiger partial charge >= 0.3 is 5.97 Å². The first-order valence-corrected chi connectivity index (χ1v) is 12.3. The average Bonchev–Trinajstić information content (AvgIpc) is 2.88. The van der Waals surface area contributed by atoms with Gasteiger partial charge in [-0.15, -0.1) is 0 Å².